The first-order valence-electron chi connectivity index (χ1n) is 8.35. The van der Waals surface area contributed by atoms with Gasteiger partial charge in [0.15, 0.2) is 5.65 Å². The molecule has 7 nitrogen and oxygen atoms in total. The third-order valence-corrected chi connectivity index (χ3v) is 4.40. The Morgan fingerprint density at radius 3 is 2.92 bits per heavy atom. The zero-order valence-corrected chi connectivity index (χ0v) is 14.1. The smallest absolute Gasteiger partial charge is 0.255 e. The van der Waals surface area contributed by atoms with Crippen LogP contribution in [0.2, 0.25) is 0 Å². The van der Waals surface area contributed by atoms with Crippen molar-refractivity contribution in [1.82, 2.24) is 19.4 Å². The second-order valence-electron chi connectivity index (χ2n) is 7.07. The lowest BCUT2D eigenvalue weighted by molar-refractivity contribution is -0.0598. The maximum absolute atomic E-state index is 12.7. The molecule has 0 saturated carbocycles. The first-order chi connectivity index (χ1) is 11.4. The van der Waals surface area contributed by atoms with Crippen LogP contribution >= 0.6 is 0 Å². The standard InChI is InChI=1S/C17H24N4O3/c1-12(2)8-21-11-19-14-6-13(7-18-15(14)21)16(23)20-5-3-4-17(24,9-20)10-22/h6-7,11-12,22,24H,3-5,8-10H2,1-2H3. The van der Waals surface area contributed by atoms with Crippen molar-refractivity contribution in [2.75, 3.05) is 19.7 Å². The number of aliphatic hydroxyl groups excluding tert-OH is 1. The van der Waals surface area contributed by atoms with Gasteiger partial charge in [-0.05, 0) is 24.8 Å². The minimum atomic E-state index is -1.20. The molecule has 7 heteroatoms. The van der Waals surface area contributed by atoms with Crippen LogP contribution in [0.15, 0.2) is 18.6 Å². The van der Waals surface area contributed by atoms with E-state index in [2.05, 4.69) is 23.8 Å². The van der Waals surface area contributed by atoms with Crippen LogP contribution in [0.1, 0.15) is 37.0 Å². The Labute approximate surface area is 140 Å². The summed E-state index contributed by atoms with van der Waals surface area (Å²) in [5.74, 6) is 0.296. The van der Waals surface area contributed by atoms with E-state index in [4.69, 9.17) is 0 Å². The molecular formula is C17H24N4O3. The lowest BCUT2D eigenvalue weighted by Gasteiger charge is -2.38. The van der Waals surface area contributed by atoms with E-state index in [1.54, 1.807) is 23.5 Å². The Hall–Kier alpha value is -1.99. The number of hydrogen-bond donors (Lipinski definition) is 2. The molecule has 0 aliphatic carbocycles. The van der Waals surface area contributed by atoms with Gasteiger partial charge >= 0.3 is 0 Å². The number of nitrogens with zero attached hydrogens (tertiary/aromatic N) is 4. The van der Waals surface area contributed by atoms with E-state index in [9.17, 15) is 15.0 Å². The molecule has 1 saturated heterocycles. The van der Waals surface area contributed by atoms with Gasteiger partial charge in [-0.1, -0.05) is 13.8 Å². The summed E-state index contributed by atoms with van der Waals surface area (Å²) in [5, 5.41) is 19.6. The Balaban J connectivity index is 1.83. The van der Waals surface area contributed by atoms with Gasteiger partial charge in [0, 0.05) is 19.3 Å². The number of β-amino-alcohol motifs (C(OH)–C–C–N with tert-alkyl or cyclic N) is 1. The number of rotatable bonds is 4. The molecule has 1 fully saturated rings. The number of carbonyl (C=O) groups excluding carboxylic acids is 1. The van der Waals surface area contributed by atoms with Gasteiger partial charge in [0.1, 0.15) is 11.1 Å². The lowest BCUT2D eigenvalue weighted by atomic mass is 9.93. The van der Waals surface area contributed by atoms with Gasteiger partial charge in [0.05, 0.1) is 25.0 Å². The molecule has 130 valence electrons. The Kier molecular flexibility index (Phi) is 4.56. The van der Waals surface area contributed by atoms with Gasteiger partial charge in [-0.15, -0.1) is 0 Å². The van der Waals surface area contributed by atoms with Gasteiger partial charge in [0.25, 0.3) is 5.91 Å². The predicted molar refractivity (Wildman–Crippen MR) is 89.5 cm³/mol. The van der Waals surface area contributed by atoms with E-state index >= 15 is 0 Å². The maximum Gasteiger partial charge on any atom is 0.255 e. The predicted octanol–water partition coefficient (Wildman–Crippen LogP) is 1.05. The molecule has 0 aromatic carbocycles. The molecule has 1 aliphatic heterocycles. The summed E-state index contributed by atoms with van der Waals surface area (Å²) in [6, 6.07) is 1.74. The summed E-state index contributed by atoms with van der Waals surface area (Å²) < 4.78 is 1.99. The number of aromatic nitrogens is 3. The first kappa shape index (κ1) is 16.9. The normalized spacial score (nSPS) is 21.6. The van der Waals surface area contributed by atoms with Crippen molar-refractivity contribution in [1.29, 1.82) is 0 Å². The number of imidazole rings is 1. The summed E-state index contributed by atoms with van der Waals surface area (Å²) >= 11 is 0. The van der Waals surface area contributed by atoms with Crippen molar-refractivity contribution in [2.45, 2.75) is 38.8 Å². The highest BCUT2D eigenvalue weighted by atomic mass is 16.3. The molecule has 1 unspecified atom stereocenters. The fourth-order valence-electron chi connectivity index (χ4n) is 3.19. The monoisotopic (exact) mass is 332 g/mol. The van der Waals surface area contributed by atoms with Crippen molar-refractivity contribution in [3.63, 3.8) is 0 Å². The summed E-state index contributed by atoms with van der Waals surface area (Å²) in [6.45, 7) is 5.45. The minimum Gasteiger partial charge on any atom is -0.393 e. The molecule has 0 bridgehead atoms. The van der Waals surface area contributed by atoms with Crippen LogP contribution in [-0.4, -0.2) is 60.9 Å². The van der Waals surface area contributed by atoms with E-state index in [0.29, 0.717) is 36.4 Å². The minimum absolute atomic E-state index is 0.141. The molecule has 0 spiro atoms. The third kappa shape index (κ3) is 3.27. The highest BCUT2D eigenvalue weighted by Crippen LogP contribution is 2.23. The topological polar surface area (TPSA) is 91.5 Å². The van der Waals surface area contributed by atoms with E-state index < -0.39 is 5.60 Å². The van der Waals surface area contributed by atoms with Gasteiger partial charge in [-0.2, -0.15) is 0 Å². The number of pyridine rings is 1. The maximum atomic E-state index is 12.7. The summed E-state index contributed by atoms with van der Waals surface area (Å²) in [4.78, 5) is 23.0. The number of aliphatic hydroxyl groups is 2. The number of likely N-dealkylation sites (tertiary alicyclic amines) is 1. The quantitative estimate of drug-likeness (QED) is 0.873. The van der Waals surface area contributed by atoms with Gasteiger partial charge in [0.2, 0.25) is 0 Å². The second-order valence-corrected chi connectivity index (χ2v) is 7.07. The van der Waals surface area contributed by atoms with E-state index in [-0.39, 0.29) is 19.1 Å². The van der Waals surface area contributed by atoms with Crippen LogP contribution < -0.4 is 0 Å². The first-order valence-corrected chi connectivity index (χ1v) is 8.35. The lowest BCUT2D eigenvalue weighted by Crippen LogP contribution is -2.52. The highest BCUT2D eigenvalue weighted by Gasteiger charge is 2.35. The zero-order chi connectivity index (χ0) is 17.3. The molecule has 3 rings (SSSR count). The van der Waals surface area contributed by atoms with Crippen LogP contribution in [0.4, 0.5) is 0 Å². The Morgan fingerprint density at radius 2 is 2.21 bits per heavy atom. The average Bonchev–Trinajstić information content (AvgIpc) is 2.96. The van der Waals surface area contributed by atoms with Crippen molar-refractivity contribution >= 4 is 17.1 Å². The third-order valence-electron chi connectivity index (χ3n) is 4.40. The molecule has 1 amide bonds. The number of piperidine rings is 1. The van der Waals surface area contributed by atoms with Crippen LogP contribution in [0.3, 0.4) is 0 Å². The van der Waals surface area contributed by atoms with Crippen molar-refractivity contribution in [2.24, 2.45) is 5.92 Å². The van der Waals surface area contributed by atoms with Crippen molar-refractivity contribution in [3.05, 3.63) is 24.2 Å². The van der Waals surface area contributed by atoms with Crippen LogP contribution in [0.25, 0.3) is 11.2 Å². The molecular weight excluding hydrogens is 308 g/mol. The molecule has 2 aromatic heterocycles. The molecule has 3 heterocycles. The molecule has 1 aliphatic rings. The summed E-state index contributed by atoms with van der Waals surface area (Å²) in [6.07, 6.45) is 4.48. The fourth-order valence-corrected chi connectivity index (χ4v) is 3.19. The SMILES string of the molecule is CC(C)Cn1cnc2cc(C(=O)N3CCCC(O)(CO)C3)cnc21. The number of hydrogen-bond acceptors (Lipinski definition) is 5. The number of fused-ring (bicyclic) bond motifs is 1. The van der Waals surface area contributed by atoms with E-state index in [1.807, 2.05) is 4.57 Å². The summed E-state index contributed by atoms with van der Waals surface area (Å²) in [7, 11) is 0. The molecule has 24 heavy (non-hydrogen) atoms. The molecule has 0 radical (unpaired) electrons. The summed E-state index contributed by atoms with van der Waals surface area (Å²) in [5.41, 5.74) is 0.714. The van der Waals surface area contributed by atoms with Crippen LogP contribution in [-0.2, 0) is 6.54 Å². The zero-order valence-electron chi connectivity index (χ0n) is 14.1. The van der Waals surface area contributed by atoms with Crippen molar-refractivity contribution < 1.29 is 15.0 Å². The van der Waals surface area contributed by atoms with E-state index in [0.717, 1.165) is 12.2 Å². The second kappa shape index (κ2) is 6.49. The Bertz CT molecular complexity index is 743. The molecule has 2 N–H and O–H groups in total. The van der Waals surface area contributed by atoms with E-state index in [1.165, 1.54) is 0 Å². The van der Waals surface area contributed by atoms with Crippen LogP contribution in [0.5, 0.6) is 0 Å². The number of carbonyl (C=O) groups is 1. The average molecular weight is 332 g/mol. The Morgan fingerprint density at radius 1 is 1.42 bits per heavy atom. The van der Waals surface area contributed by atoms with Gasteiger partial charge < -0.3 is 19.7 Å². The molecule has 2 aromatic rings. The fraction of sp³-hybridized carbons (Fsp3) is 0.588. The largest absolute Gasteiger partial charge is 0.393 e. The van der Waals surface area contributed by atoms with Gasteiger partial charge in [-0.25, -0.2) is 9.97 Å². The van der Waals surface area contributed by atoms with Gasteiger partial charge in [-0.3, -0.25) is 4.79 Å². The molecule has 1 atom stereocenters. The number of amides is 1. The highest BCUT2D eigenvalue weighted by molar-refractivity contribution is 5.96. The van der Waals surface area contributed by atoms with Crippen LogP contribution in [0, 0.1) is 5.92 Å². The van der Waals surface area contributed by atoms with Crippen molar-refractivity contribution in [3.8, 4) is 0 Å².